The van der Waals surface area contributed by atoms with Crippen molar-refractivity contribution >= 4 is 22.4 Å². The summed E-state index contributed by atoms with van der Waals surface area (Å²) in [4.78, 5) is 14.4. The zero-order valence-corrected chi connectivity index (χ0v) is 17.6. The maximum atomic E-state index is 14.0. The van der Waals surface area contributed by atoms with Gasteiger partial charge in [0, 0.05) is 56.4 Å². The molecule has 0 N–H and O–H groups in total. The fourth-order valence-corrected chi connectivity index (χ4v) is 4.57. The Kier molecular flexibility index (Phi) is 4.46. The molecule has 160 valence electrons. The molecule has 0 spiro atoms. The van der Waals surface area contributed by atoms with Crippen LogP contribution in [0.15, 0.2) is 47.5 Å². The van der Waals surface area contributed by atoms with Crippen molar-refractivity contribution in [2.75, 3.05) is 11.4 Å². The lowest BCUT2D eigenvalue weighted by atomic mass is 9.93. The van der Waals surface area contributed by atoms with Crippen LogP contribution in [0, 0.1) is 0 Å². The summed E-state index contributed by atoms with van der Waals surface area (Å²) >= 11 is 0. The van der Waals surface area contributed by atoms with Gasteiger partial charge < -0.3 is 4.90 Å². The van der Waals surface area contributed by atoms with Crippen LogP contribution in [0.25, 0.3) is 22.2 Å². The Morgan fingerprint density at radius 1 is 1.03 bits per heavy atom. The van der Waals surface area contributed by atoms with E-state index in [1.54, 1.807) is 53.4 Å². The number of anilines is 2. The first-order valence-electron chi connectivity index (χ1n) is 10.2. The lowest BCUT2D eigenvalue weighted by Gasteiger charge is -2.32. The van der Waals surface area contributed by atoms with Crippen LogP contribution in [0.3, 0.4) is 0 Å². The Morgan fingerprint density at radius 2 is 1.81 bits per heavy atom. The number of fused-ring (bicyclic) bond motifs is 2. The smallest absolute Gasteiger partial charge is 0.328 e. The number of benzene rings is 2. The third kappa shape index (κ3) is 3.05. The highest BCUT2D eigenvalue weighted by atomic mass is 19.3. The number of aromatic nitrogens is 4. The molecule has 0 radical (unpaired) electrons. The molecule has 0 fully saturated rings. The predicted octanol–water partition coefficient (Wildman–Crippen LogP) is 4.30. The van der Waals surface area contributed by atoms with Crippen LogP contribution in [0.2, 0.25) is 0 Å². The lowest BCUT2D eigenvalue weighted by Crippen LogP contribution is -2.25. The van der Waals surface area contributed by atoms with Gasteiger partial charge in [0.2, 0.25) is 0 Å². The number of hydrogen-bond donors (Lipinski definition) is 0. The van der Waals surface area contributed by atoms with Crippen molar-refractivity contribution in [1.82, 2.24) is 18.9 Å². The number of halogens is 2. The predicted molar refractivity (Wildman–Crippen MR) is 117 cm³/mol. The van der Waals surface area contributed by atoms with E-state index >= 15 is 0 Å². The summed E-state index contributed by atoms with van der Waals surface area (Å²) in [6, 6.07) is 9.34. The average Bonchev–Trinajstić information content (AvgIpc) is 3.29. The molecule has 0 saturated carbocycles. The Morgan fingerprint density at radius 3 is 2.52 bits per heavy atom. The van der Waals surface area contributed by atoms with Crippen LogP contribution in [0.5, 0.6) is 0 Å². The minimum atomic E-state index is -2.60. The SMILES string of the molecule is Cn1cc(-c2cc3c(cc2C(F)F)N(c2ccc4c(c2)n(C)c(=O)n4C)CCC3)cn1. The van der Waals surface area contributed by atoms with Gasteiger partial charge in [-0.1, -0.05) is 0 Å². The van der Waals surface area contributed by atoms with Crippen molar-refractivity contribution in [3.63, 3.8) is 0 Å². The molecule has 5 rings (SSSR count). The molecule has 2 aromatic heterocycles. The molecule has 3 heterocycles. The second kappa shape index (κ2) is 7.08. The fourth-order valence-electron chi connectivity index (χ4n) is 4.57. The molecular weight excluding hydrogens is 400 g/mol. The maximum absolute atomic E-state index is 14.0. The van der Waals surface area contributed by atoms with Crippen molar-refractivity contribution in [3.8, 4) is 11.1 Å². The van der Waals surface area contributed by atoms with Gasteiger partial charge in [-0.2, -0.15) is 5.10 Å². The normalized spacial score (nSPS) is 13.9. The van der Waals surface area contributed by atoms with E-state index in [4.69, 9.17) is 0 Å². The van der Waals surface area contributed by atoms with Crippen LogP contribution < -0.4 is 10.6 Å². The third-order valence-corrected chi connectivity index (χ3v) is 6.19. The van der Waals surface area contributed by atoms with Crippen LogP contribution >= 0.6 is 0 Å². The van der Waals surface area contributed by atoms with E-state index in [9.17, 15) is 13.6 Å². The van der Waals surface area contributed by atoms with Crippen molar-refractivity contribution in [1.29, 1.82) is 0 Å². The standard InChI is InChI=1S/C23H23F2N5O/c1-27-13-15(12-26-27)17-9-14-5-4-8-30(20(14)11-18(17)22(24)25)16-6-7-19-21(10-16)29(3)23(31)28(19)2/h6-7,9-13,22H,4-5,8H2,1-3H3. The number of rotatable bonds is 3. The van der Waals surface area contributed by atoms with Crippen LogP contribution in [0.4, 0.5) is 20.2 Å². The van der Waals surface area contributed by atoms with E-state index in [1.807, 2.05) is 24.3 Å². The first-order valence-corrected chi connectivity index (χ1v) is 10.2. The number of nitrogens with zero attached hydrogens (tertiary/aromatic N) is 5. The average molecular weight is 423 g/mol. The van der Waals surface area contributed by atoms with Crippen LogP contribution in [-0.4, -0.2) is 25.5 Å². The second-order valence-corrected chi connectivity index (χ2v) is 8.10. The van der Waals surface area contributed by atoms with E-state index in [2.05, 4.69) is 10.00 Å². The van der Waals surface area contributed by atoms with Gasteiger partial charge in [0.15, 0.2) is 0 Å². The van der Waals surface area contributed by atoms with Gasteiger partial charge in [-0.25, -0.2) is 13.6 Å². The molecule has 0 bridgehead atoms. The molecule has 0 atom stereocenters. The van der Waals surface area contributed by atoms with Crippen molar-refractivity contribution in [2.24, 2.45) is 21.1 Å². The van der Waals surface area contributed by atoms with Crippen molar-refractivity contribution < 1.29 is 8.78 Å². The highest BCUT2D eigenvalue weighted by Gasteiger charge is 2.25. The topological polar surface area (TPSA) is 48.0 Å². The Labute approximate surface area is 177 Å². The van der Waals surface area contributed by atoms with Crippen LogP contribution in [0.1, 0.15) is 24.0 Å². The number of hydrogen-bond acceptors (Lipinski definition) is 3. The first kappa shape index (κ1) is 19.5. The zero-order chi connectivity index (χ0) is 21.9. The van der Waals surface area contributed by atoms with Gasteiger partial charge in [0.1, 0.15) is 0 Å². The molecule has 0 aliphatic carbocycles. The Bertz CT molecular complexity index is 1360. The van der Waals surface area contributed by atoms with E-state index in [0.29, 0.717) is 11.1 Å². The summed E-state index contributed by atoms with van der Waals surface area (Å²) in [5.74, 6) is 0. The lowest BCUT2D eigenvalue weighted by molar-refractivity contribution is 0.152. The van der Waals surface area contributed by atoms with E-state index < -0.39 is 6.43 Å². The van der Waals surface area contributed by atoms with Crippen molar-refractivity contribution in [3.05, 3.63) is 64.3 Å². The molecule has 0 amide bonds. The summed E-state index contributed by atoms with van der Waals surface area (Å²) in [6.07, 6.45) is 2.53. The van der Waals surface area contributed by atoms with Crippen LogP contribution in [-0.2, 0) is 27.6 Å². The zero-order valence-electron chi connectivity index (χ0n) is 17.6. The highest BCUT2D eigenvalue weighted by molar-refractivity contribution is 5.84. The second-order valence-electron chi connectivity index (χ2n) is 8.10. The summed E-state index contributed by atoms with van der Waals surface area (Å²) in [5.41, 5.74) is 5.53. The summed E-state index contributed by atoms with van der Waals surface area (Å²) in [7, 11) is 5.27. The number of imidazole rings is 1. The van der Waals surface area contributed by atoms with Crippen molar-refractivity contribution in [2.45, 2.75) is 19.3 Å². The quantitative estimate of drug-likeness (QED) is 0.494. The minimum absolute atomic E-state index is 0.00633. The molecule has 4 aromatic rings. The highest BCUT2D eigenvalue weighted by Crippen LogP contribution is 2.41. The van der Waals surface area contributed by atoms with Gasteiger partial charge in [-0.05, 0) is 54.3 Å². The van der Waals surface area contributed by atoms with Gasteiger partial charge in [-0.3, -0.25) is 13.8 Å². The number of aryl methyl sites for hydroxylation is 4. The molecule has 0 unspecified atom stereocenters. The molecule has 0 saturated heterocycles. The molecule has 31 heavy (non-hydrogen) atoms. The summed E-state index contributed by atoms with van der Waals surface area (Å²) in [5, 5.41) is 4.15. The maximum Gasteiger partial charge on any atom is 0.328 e. The molecule has 1 aliphatic rings. The fraction of sp³-hybridized carbons (Fsp3) is 0.304. The van der Waals surface area contributed by atoms with E-state index in [0.717, 1.165) is 47.4 Å². The summed E-state index contributed by atoms with van der Waals surface area (Å²) < 4.78 is 32.9. The molecule has 6 nitrogen and oxygen atoms in total. The van der Waals surface area contributed by atoms with Gasteiger partial charge in [-0.15, -0.1) is 0 Å². The Hall–Kier alpha value is -3.42. The van der Waals surface area contributed by atoms with Gasteiger partial charge >= 0.3 is 5.69 Å². The molecule has 2 aromatic carbocycles. The van der Waals surface area contributed by atoms with E-state index in [1.165, 1.54) is 0 Å². The Balaban J connectivity index is 1.66. The monoisotopic (exact) mass is 423 g/mol. The molecule has 8 heteroatoms. The molecular formula is C23H23F2N5O. The minimum Gasteiger partial charge on any atom is -0.341 e. The van der Waals surface area contributed by atoms with Gasteiger partial charge in [0.25, 0.3) is 6.43 Å². The molecule has 1 aliphatic heterocycles. The van der Waals surface area contributed by atoms with Gasteiger partial charge in [0.05, 0.1) is 17.2 Å². The third-order valence-electron chi connectivity index (χ3n) is 6.19. The van der Waals surface area contributed by atoms with E-state index in [-0.39, 0.29) is 11.3 Å². The summed E-state index contributed by atoms with van der Waals surface area (Å²) in [6.45, 7) is 0.730. The number of alkyl halides is 2. The first-order chi connectivity index (χ1) is 14.8. The largest absolute Gasteiger partial charge is 0.341 e.